The van der Waals surface area contributed by atoms with Crippen molar-refractivity contribution in [2.75, 3.05) is 12.4 Å². The first-order valence-electron chi connectivity index (χ1n) is 16.0. The standard InChI is InChI=1S/C31H64O3S.Li.H/c1-3-5-7-9-11-13-14-15-16-17-18-19-20-21-22-23-24-26-28-30-34-35(32,33)31-29-27-25-12-10-8-6-4-2;;/h3-31H2,1-2H3;;/q;+1;-1. The molecule has 0 aromatic rings. The molecule has 0 unspecified atom stereocenters. The predicted octanol–water partition coefficient (Wildman–Crippen LogP) is 8.02. The van der Waals surface area contributed by atoms with Gasteiger partial charge in [0.25, 0.3) is 10.1 Å². The van der Waals surface area contributed by atoms with Gasteiger partial charge in [-0.2, -0.15) is 8.42 Å². The van der Waals surface area contributed by atoms with E-state index < -0.39 is 10.1 Å². The second-order valence-electron chi connectivity index (χ2n) is 10.9. The molecule has 0 atom stereocenters. The zero-order valence-electron chi connectivity index (χ0n) is 26.1. The average molecular weight is 525 g/mol. The molecule has 0 bridgehead atoms. The van der Waals surface area contributed by atoms with E-state index in [0.29, 0.717) is 6.61 Å². The van der Waals surface area contributed by atoms with E-state index in [4.69, 9.17) is 4.18 Å². The molecule has 0 amide bonds. The van der Waals surface area contributed by atoms with Crippen LogP contribution in [-0.4, -0.2) is 20.8 Å². The number of rotatable bonds is 30. The number of unbranched alkanes of at least 4 members (excludes halogenated alkanes) is 25. The van der Waals surface area contributed by atoms with E-state index in [-0.39, 0.29) is 26.0 Å². The van der Waals surface area contributed by atoms with E-state index >= 15 is 0 Å². The van der Waals surface area contributed by atoms with E-state index in [2.05, 4.69) is 13.8 Å². The Kier molecular flexibility index (Phi) is 34.1. The molecular weight excluding hydrogens is 459 g/mol. The van der Waals surface area contributed by atoms with Gasteiger partial charge in [0.15, 0.2) is 0 Å². The first-order chi connectivity index (χ1) is 17.1. The van der Waals surface area contributed by atoms with Gasteiger partial charge in [0.1, 0.15) is 0 Å². The summed E-state index contributed by atoms with van der Waals surface area (Å²) in [4.78, 5) is 0. The van der Waals surface area contributed by atoms with Crippen LogP contribution in [-0.2, 0) is 14.3 Å². The van der Waals surface area contributed by atoms with Crippen LogP contribution in [0.2, 0.25) is 0 Å². The van der Waals surface area contributed by atoms with Crippen molar-refractivity contribution < 1.29 is 32.9 Å². The van der Waals surface area contributed by atoms with Crippen molar-refractivity contribution in [1.82, 2.24) is 0 Å². The van der Waals surface area contributed by atoms with E-state index in [1.165, 1.54) is 141 Å². The van der Waals surface area contributed by atoms with Crippen LogP contribution in [0.3, 0.4) is 0 Å². The Morgan fingerprint density at radius 1 is 0.417 bits per heavy atom. The fraction of sp³-hybridized carbons (Fsp3) is 1.00. The van der Waals surface area contributed by atoms with Crippen LogP contribution in [0.25, 0.3) is 0 Å². The first-order valence-corrected chi connectivity index (χ1v) is 17.6. The SMILES string of the molecule is CCCCCCCCCCCCCCCCCCCCCOS(=O)(=O)CCCCCCCCCC.[H-].[Li+]. The third-order valence-electron chi connectivity index (χ3n) is 7.26. The molecule has 0 aliphatic heterocycles. The number of hydrogen-bond acceptors (Lipinski definition) is 3. The molecule has 0 radical (unpaired) electrons. The Labute approximate surface area is 241 Å². The van der Waals surface area contributed by atoms with E-state index in [1.807, 2.05) is 0 Å². The minimum absolute atomic E-state index is 0. The van der Waals surface area contributed by atoms with Crippen LogP contribution >= 0.6 is 0 Å². The average Bonchev–Trinajstić information content (AvgIpc) is 2.84. The molecule has 0 saturated carbocycles. The van der Waals surface area contributed by atoms with E-state index in [1.54, 1.807) is 0 Å². The molecule has 0 aliphatic carbocycles. The summed E-state index contributed by atoms with van der Waals surface area (Å²) in [7, 11) is -3.31. The van der Waals surface area contributed by atoms with Crippen LogP contribution in [0.4, 0.5) is 0 Å². The minimum Gasteiger partial charge on any atom is -1.00 e. The maximum atomic E-state index is 12.0. The largest absolute Gasteiger partial charge is 1.00 e. The van der Waals surface area contributed by atoms with Crippen molar-refractivity contribution in [3.8, 4) is 0 Å². The van der Waals surface area contributed by atoms with Crippen LogP contribution < -0.4 is 18.9 Å². The molecule has 5 heteroatoms. The minimum atomic E-state index is -3.31. The van der Waals surface area contributed by atoms with Crippen LogP contribution in [0.5, 0.6) is 0 Å². The first kappa shape index (κ1) is 38.7. The molecule has 0 fully saturated rings. The van der Waals surface area contributed by atoms with Crippen molar-refractivity contribution >= 4 is 10.1 Å². The van der Waals surface area contributed by atoms with Gasteiger partial charge in [0.05, 0.1) is 12.4 Å². The quantitative estimate of drug-likeness (QED) is 0.0543. The molecule has 0 spiro atoms. The second kappa shape index (κ2) is 31.7. The fourth-order valence-corrected chi connectivity index (χ4v) is 5.89. The molecule has 0 aliphatic rings. The molecule has 0 aromatic carbocycles. The summed E-state index contributed by atoms with van der Waals surface area (Å²) in [5.41, 5.74) is 0. The molecule has 0 saturated heterocycles. The van der Waals surface area contributed by atoms with Crippen molar-refractivity contribution in [2.24, 2.45) is 0 Å². The zero-order chi connectivity index (χ0) is 25.7. The molecule has 0 rings (SSSR count). The van der Waals surface area contributed by atoms with Gasteiger partial charge in [-0.05, 0) is 12.8 Å². The van der Waals surface area contributed by atoms with Crippen molar-refractivity contribution in [1.29, 1.82) is 0 Å². The van der Waals surface area contributed by atoms with Crippen LogP contribution in [0.15, 0.2) is 0 Å². The summed E-state index contributed by atoms with van der Waals surface area (Å²) < 4.78 is 29.1. The third-order valence-corrected chi connectivity index (χ3v) is 8.57. The normalized spacial score (nSPS) is 11.6. The molecule has 214 valence electrons. The van der Waals surface area contributed by atoms with E-state index in [0.717, 1.165) is 32.1 Å². The number of hydrogen-bond donors (Lipinski definition) is 0. The Hall–Kier alpha value is 0.507. The molecule has 0 heterocycles. The Morgan fingerprint density at radius 2 is 0.667 bits per heavy atom. The topological polar surface area (TPSA) is 43.4 Å². The summed E-state index contributed by atoms with van der Waals surface area (Å²) in [5.74, 6) is 0.196. The van der Waals surface area contributed by atoms with Crippen LogP contribution in [0, 0.1) is 0 Å². The Morgan fingerprint density at radius 3 is 0.972 bits per heavy atom. The van der Waals surface area contributed by atoms with Gasteiger partial charge < -0.3 is 1.43 Å². The third kappa shape index (κ3) is 32.5. The maximum Gasteiger partial charge on any atom is 1.00 e. The van der Waals surface area contributed by atoms with Crippen molar-refractivity contribution in [2.45, 2.75) is 187 Å². The van der Waals surface area contributed by atoms with Gasteiger partial charge in [-0.3, -0.25) is 4.18 Å². The van der Waals surface area contributed by atoms with Gasteiger partial charge >= 0.3 is 18.9 Å². The van der Waals surface area contributed by atoms with Crippen LogP contribution in [0.1, 0.15) is 189 Å². The Bertz CT molecular complexity index is 503. The summed E-state index contributed by atoms with van der Waals surface area (Å²) in [5, 5.41) is 0. The molecule has 0 aromatic heterocycles. The van der Waals surface area contributed by atoms with Gasteiger partial charge in [-0.25, -0.2) is 0 Å². The van der Waals surface area contributed by atoms with Crippen molar-refractivity contribution in [3.63, 3.8) is 0 Å². The molecule has 36 heavy (non-hydrogen) atoms. The zero-order valence-corrected chi connectivity index (χ0v) is 26.0. The maximum absolute atomic E-state index is 12.0. The summed E-state index contributed by atoms with van der Waals surface area (Å²) in [6.07, 6.45) is 35.0. The fourth-order valence-electron chi connectivity index (χ4n) is 4.84. The molecule has 3 nitrogen and oxygen atoms in total. The van der Waals surface area contributed by atoms with Gasteiger partial charge in [-0.1, -0.05) is 174 Å². The smallest absolute Gasteiger partial charge is 1.00 e. The Balaban J connectivity index is -0.00000578. The van der Waals surface area contributed by atoms with Gasteiger partial charge in [0.2, 0.25) is 0 Å². The summed E-state index contributed by atoms with van der Waals surface area (Å²) in [6.45, 7) is 4.89. The summed E-state index contributed by atoms with van der Waals surface area (Å²) in [6, 6.07) is 0. The van der Waals surface area contributed by atoms with Gasteiger partial charge in [-0.15, -0.1) is 0 Å². The molecule has 0 N–H and O–H groups in total. The second-order valence-corrected chi connectivity index (χ2v) is 12.7. The summed E-state index contributed by atoms with van der Waals surface area (Å²) >= 11 is 0. The monoisotopic (exact) mass is 524 g/mol. The van der Waals surface area contributed by atoms with E-state index in [9.17, 15) is 8.42 Å². The van der Waals surface area contributed by atoms with Crippen molar-refractivity contribution in [3.05, 3.63) is 0 Å². The van der Waals surface area contributed by atoms with Gasteiger partial charge in [0, 0.05) is 0 Å². The molecular formula is C31H65LiO3S. The predicted molar refractivity (Wildman–Crippen MR) is 157 cm³/mol.